The average molecular weight is 377 g/mol. The van der Waals surface area contributed by atoms with E-state index in [0.717, 1.165) is 49.2 Å². The summed E-state index contributed by atoms with van der Waals surface area (Å²) in [6.45, 7) is 1.85. The number of aromatic nitrogens is 3. The molecule has 7 heteroatoms. The number of aliphatic hydroxyl groups is 1. The van der Waals surface area contributed by atoms with Gasteiger partial charge in [0.05, 0.1) is 29.6 Å². The third kappa shape index (κ3) is 4.75. The van der Waals surface area contributed by atoms with E-state index < -0.39 is 6.67 Å². The lowest BCUT2D eigenvalue weighted by Gasteiger charge is -2.34. The molecule has 5 nitrogen and oxygen atoms in total. The standard InChI is InChI=1S/C19H22ClFN4O/c20-19-11-18(24-7-3-15(4-8-24)5-10-26)17(13-22-19)2-1-16-12-23-25(14-16)9-6-21/h11-15,26H,3-10H2. The molecule has 1 N–H and O–H groups in total. The molecule has 0 atom stereocenters. The number of nitrogens with zero attached hydrogens (tertiary/aromatic N) is 4. The molecule has 1 aliphatic heterocycles. The first-order valence-corrected chi connectivity index (χ1v) is 9.19. The van der Waals surface area contributed by atoms with Crippen molar-refractivity contribution >= 4 is 17.3 Å². The Bertz CT molecular complexity index is 790. The SMILES string of the molecule is OCCC1CCN(c2cc(Cl)ncc2C#Cc2cnn(CCF)c2)CC1. The van der Waals surface area contributed by atoms with Gasteiger partial charge in [-0.15, -0.1) is 0 Å². The number of rotatable bonds is 5. The Morgan fingerprint density at radius 2 is 2.08 bits per heavy atom. The summed E-state index contributed by atoms with van der Waals surface area (Å²) in [5, 5.41) is 13.6. The van der Waals surface area contributed by atoms with Crippen molar-refractivity contribution in [2.75, 3.05) is 31.3 Å². The summed E-state index contributed by atoms with van der Waals surface area (Å²) in [5.74, 6) is 6.79. The van der Waals surface area contributed by atoms with Crippen LogP contribution in [0.2, 0.25) is 5.15 Å². The minimum Gasteiger partial charge on any atom is -0.396 e. The monoisotopic (exact) mass is 376 g/mol. The molecule has 0 amide bonds. The van der Waals surface area contributed by atoms with Gasteiger partial charge in [0.1, 0.15) is 11.8 Å². The van der Waals surface area contributed by atoms with Gasteiger partial charge in [-0.3, -0.25) is 4.68 Å². The van der Waals surface area contributed by atoms with Crippen LogP contribution in [0.15, 0.2) is 24.7 Å². The zero-order chi connectivity index (χ0) is 18.4. The minimum absolute atomic E-state index is 0.234. The van der Waals surface area contributed by atoms with E-state index in [4.69, 9.17) is 16.7 Å². The molecule has 2 aromatic heterocycles. The van der Waals surface area contributed by atoms with Crippen LogP contribution in [0.3, 0.4) is 0 Å². The Hall–Kier alpha value is -2.10. The van der Waals surface area contributed by atoms with Gasteiger partial charge in [-0.25, -0.2) is 9.37 Å². The number of hydrogen-bond acceptors (Lipinski definition) is 4. The highest BCUT2D eigenvalue weighted by molar-refractivity contribution is 6.29. The third-order valence-electron chi connectivity index (χ3n) is 4.63. The van der Waals surface area contributed by atoms with Crippen LogP contribution >= 0.6 is 11.6 Å². The molecular weight excluding hydrogens is 355 g/mol. The van der Waals surface area contributed by atoms with Crippen LogP contribution in [0.1, 0.15) is 30.4 Å². The summed E-state index contributed by atoms with van der Waals surface area (Å²) >= 11 is 6.10. The highest BCUT2D eigenvalue weighted by atomic mass is 35.5. The molecule has 0 radical (unpaired) electrons. The molecule has 1 aliphatic rings. The van der Waals surface area contributed by atoms with Crippen molar-refractivity contribution in [3.63, 3.8) is 0 Å². The minimum atomic E-state index is -0.452. The predicted molar refractivity (Wildman–Crippen MR) is 100 cm³/mol. The second kappa shape index (κ2) is 9.02. The normalized spacial score (nSPS) is 15.0. The molecule has 3 rings (SSSR count). The van der Waals surface area contributed by atoms with Crippen molar-refractivity contribution in [1.82, 2.24) is 14.8 Å². The lowest BCUT2D eigenvalue weighted by Crippen LogP contribution is -2.34. The summed E-state index contributed by atoms with van der Waals surface area (Å²) in [6, 6.07) is 1.85. The largest absolute Gasteiger partial charge is 0.396 e. The lowest BCUT2D eigenvalue weighted by atomic mass is 9.93. The fourth-order valence-electron chi connectivity index (χ4n) is 3.20. The van der Waals surface area contributed by atoms with E-state index >= 15 is 0 Å². The van der Waals surface area contributed by atoms with E-state index in [-0.39, 0.29) is 13.2 Å². The number of halogens is 2. The second-order valence-corrected chi connectivity index (χ2v) is 6.79. The zero-order valence-corrected chi connectivity index (χ0v) is 15.3. The maximum atomic E-state index is 12.4. The van der Waals surface area contributed by atoms with Crippen LogP contribution in [-0.4, -0.2) is 46.2 Å². The maximum Gasteiger partial charge on any atom is 0.131 e. The smallest absolute Gasteiger partial charge is 0.131 e. The van der Waals surface area contributed by atoms with Gasteiger partial charge in [-0.1, -0.05) is 23.4 Å². The van der Waals surface area contributed by atoms with Crippen LogP contribution in [0, 0.1) is 17.8 Å². The number of aliphatic hydroxyl groups excluding tert-OH is 1. The summed E-state index contributed by atoms with van der Waals surface area (Å²) < 4.78 is 13.9. The Kier molecular flexibility index (Phi) is 6.48. The zero-order valence-electron chi connectivity index (χ0n) is 14.5. The van der Waals surface area contributed by atoms with Gasteiger partial charge in [-0.05, 0) is 25.2 Å². The topological polar surface area (TPSA) is 54.2 Å². The van der Waals surface area contributed by atoms with Gasteiger partial charge in [-0.2, -0.15) is 5.10 Å². The van der Waals surface area contributed by atoms with Crippen molar-refractivity contribution in [3.8, 4) is 11.8 Å². The van der Waals surface area contributed by atoms with Crippen LogP contribution in [0.25, 0.3) is 0 Å². The molecule has 0 aromatic carbocycles. The molecule has 1 fully saturated rings. The van der Waals surface area contributed by atoms with Crippen LogP contribution in [0.4, 0.5) is 10.1 Å². The van der Waals surface area contributed by atoms with Crippen molar-refractivity contribution in [1.29, 1.82) is 0 Å². The quantitative estimate of drug-likeness (QED) is 0.644. The molecule has 138 valence electrons. The number of aryl methyl sites for hydroxylation is 1. The van der Waals surface area contributed by atoms with Gasteiger partial charge >= 0.3 is 0 Å². The van der Waals surface area contributed by atoms with Crippen molar-refractivity contribution < 1.29 is 9.50 Å². The van der Waals surface area contributed by atoms with Gasteiger partial charge < -0.3 is 10.0 Å². The number of hydrogen-bond donors (Lipinski definition) is 1. The van der Waals surface area contributed by atoms with Gasteiger partial charge in [0.15, 0.2) is 0 Å². The molecule has 1 saturated heterocycles. The van der Waals surface area contributed by atoms with E-state index in [1.54, 1.807) is 18.6 Å². The van der Waals surface area contributed by atoms with E-state index in [2.05, 4.69) is 26.8 Å². The first-order valence-electron chi connectivity index (χ1n) is 8.81. The van der Waals surface area contributed by atoms with Gasteiger partial charge in [0, 0.05) is 38.2 Å². The highest BCUT2D eigenvalue weighted by Crippen LogP contribution is 2.28. The predicted octanol–water partition coefficient (Wildman–Crippen LogP) is 2.90. The highest BCUT2D eigenvalue weighted by Gasteiger charge is 2.21. The maximum absolute atomic E-state index is 12.4. The molecule has 0 spiro atoms. The van der Waals surface area contributed by atoms with E-state index in [0.29, 0.717) is 11.1 Å². The van der Waals surface area contributed by atoms with Gasteiger partial charge in [0.25, 0.3) is 0 Å². The lowest BCUT2D eigenvalue weighted by molar-refractivity contribution is 0.240. The molecule has 0 saturated carbocycles. The molecule has 0 bridgehead atoms. The summed E-state index contributed by atoms with van der Waals surface area (Å²) in [6.07, 6.45) is 8.01. The fraction of sp³-hybridized carbons (Fsp3) is 0.474. The number of piperidine rings is 1. The first kappa shape index (κ1) is 18.7. The number of alkyl halides is 1. The Morgan fingerprint density at radius 3 is 2.81 bits per heavy atom. The van der Waals surface area contributed by atoms with Crippen molar-refractivity contribution in [3.05, 3.63) is 40.9 Å². The van der Waals surface area contributed by atoms with Crippen LogP contribution < -0.4 is 4.90 Å². The van der Waals surface area contributed by atoms with Crippen LogP contribution in [0.5, 0.6) is 0 Å². The Morgan fingerprint density at radius 1 is 1.27 bits per heavy atom. The Labute approximate surface area is 157 Å². The molecule has 3 heterocycles. The Balaban J connectivity index is 1.77. The summed E-state index contributed by atoms with van der Waals surface area (Å²) in [7, 11) is 0. The molecule has 2 aromatic rings. The molecule has 0 unspecified atom stereocenters. The molecule has 0 aliphatic carbocycles. The average Bonchev–Trinajstić information content (AvgIpc) is 3.09. The second-order valence-electron chi connectivity index (χ2n) is 6.40. The number of pyridine rings is 1. The molecular formula is C19H22ClFN4O. The van der Waals surface area contributed by atoms with E-state index in [1.165, 1.54) is 4.68 Å². The van der Waals surface area contributed by atoms with E-state index in [1.807, 2.05) is 6.07 Å². The third-order valence-corrected chi connectivity index (χ3v) is 4.84. The fourth-order valence-corrected chi connectivity index (χ4v) is 3.35. The van der Waals surface area contributed by atoms with E-state index in [9.17, 15) is 4.39 Å². The van der Waals surface area contributed by atoms with Crippen LogP contribution in [-0.2, 0) is 6.54 Å². The van der Waals surface area contributed by atoms with Crippen molar-refractivity contribution in [2.45, 2.75) is 25.8 Å². The number of anilines is 1. The molecule has 26 heavy (non-hydrogen) atoms. The first-order chi connectivity index (χ1) is 12.7. The summed E-state index contributed by atoms with van der Waals surface area (Å²) in [5.41, 5.74) is 2.53. The van der Waals surface area contributed by atoms with Gasteiger partial charge in [0.2, 0.25) is 0 Å². The summed E-state index contributed by atoms with van der Waals surface area (Å²) in [4.78, 5) is 6.43. The van der Waals surface area contributed by atoms with Crippen molar-refractivity contribution in [2.24, 2.45) is 5.92 Å².